The lowest BCUT2D eigenvalue weighted by molar-refractivity contribution is 1.40. The fraction of sp³-hybridized carbons (Fsp3) is 0.273. The van der Waals surface area contributed by atoms with Gasteiger partial charge in [0.15, 0.2) is 0 Å². The second-order valence-electron chi connectivity index (χ2n) is 3.13. The molecule has 13 heavy (non-hydrogen) atoms. The number of aryl methyl sites for hydroxylation is 1. The first kappa shape index (κ1) is 10.8. The highest BCUT2D eigenvalue weighted by molar-refractivity contribution is 9.10. The van der Waals surface area contributed by atoms with Gasteiger partial charge in [0.05, 0.1) is 0 Å². The summed E-state index contributed by atoms with van der Waals surface area (Å²) < 4.78 is 1.14. The summed E-state index contributed by atoms with van der Waals surface area (Å²) in [5.74, 6) is 0.589. The van der Waals surface area contributed by atoms with Gasteiger partial charge in [0, 0.05) is 10.4 Å². The fourth-order valence-electron chi connectivity index (χ4n) is 1.02. The van der Waals surface area contributed by atoms with Crippen LogP contribution in [0.4, 0.5) is 0 Å². The largest absolute Gasteiger partial charge is 0.122 e. The van der Waals surface area contributed by atoms with E-state index in [4.69, 9.17) is 11.6 Å². The van der Waals surface area contributed by atoms with Gasteiger partial charge < -0.3 is 0 Å². The maximum atomic E-state index is 5.69. The molecule has 0 N–H and O–H groups in total. The van der Waals surface area contributed by atoms with Crippen LogP contribution in [0.3, 0.4) is 0 Å². The molecule has 0 nitrogen and oxygen atoms in total. The summed E-state index contributed by atoms with van der Waals surface area (Å²) in [5.41, 5.74) is 3.62. The number of allylic oxidation sites excluding steroid dienone is 1. The summed E-state index contributed by atoms with van der Waals surface area (Å²) in [6.07, 6.45) is 2.09. The van der Waals surface area contributed by atoms with Crippen molar-refractivity contribution in [3.05, 3.63) is 39.4 Å². The van der Waals surface area contributed by atoms with E-state index in [9.17, 15) is 0 Å². The van der Waals surface area contributed by atoms with Gasteiger partial charge >= 0.3 is 0 Å². The van der Waals surface area contributed by atoms with Gasteiger partial charge in [0.2, 0.25) is 0 Å². The zero-order chi connectivity index (χ0) is 9.84. The van der Waals surface area contributed by atoms with Gasteiger partial charge in [-0.15, -0.1) is 11.6 Å². The van der Waals surface area contributed by atoms with Gasteiger partial charge in [0.25, 0.3) is 0 Å². The Hall–Kier alpha value is -0.270. The highest BCUT2D eigenvalue weighted by Crippen LogP contribution is 2.19. The Morgan fingerprint density at radius 3 is 2.77 bits per heavy atom. The second-order valence-corrected chi connectivity index (χ2v) is 4.25. The minimum absolute atomic E-state index is 0.589. The Kier molecular flexibility index (Phi) is 4.01. The van der Waals surface area contributed by atoms with Crippen molar-refractivity contribution in [2.45, 2.75) is 13.8 Å². The predicted molar refractivity (Wildman–Crippen MR) is 63.3 cm³/mol. The summed E-state index contributed by atoms with van der Waals surface area (Å²) in [6, 6.07) is 6.29. The van der Waals surface area contributed by atoms with Gasteiger partial charge in [0.1, 0.15) is 0 Å². The van der Waals surface area contributed by atoms with Crippen molar-refractivity contribution in [3.8, 4) is 0 Å². The average Bonchev–Trinajstić information content (AvgIpc) is 2.11. The first-order chi connectivity index (χ1) is 6.13. The van der Waals surface area contributed by atoms with E-state index in [1.54, 1.807) is 0 Å². The molecule has 0 fully saturated rings. The fourth-order valence-corrected chi connectivity index (χ4v) is 1.50. The normalized spacial score (nSPS) is 11.8. The molecule has 1 aromatic carbocycles. The lowest BCUT2D eigenvalue weighted by Crippen LogP contribution is -1.80. The highest BCUT2D eigenvalue weighted by atomic mass is 79.9. The van der Waals surface area contributed by atoms with E-state index in [0.29, 0.717) is 5.88 Å². The van der Waals surface area contributed by atoms with Crippen molar-refractivity contribution in [1.82, 2.24) is 0 Å². The number of hydrogen-bond acceptors (Lipinski definition) is 0. The molecule has 0 aliphatic rings. The molecule has 0 bridgehead atoms. The van der Waals surface area contributed by atoms with E-state index < -0.39 is 0 Å². The van der Waals surface area contributed by atoms with Crippen LogP contribution < -0.4 is 0 Å². The molecule has 0 saturated carbocycles. The first-order valence-electron chi connectivity index (χ1n) is 4.13. The quantitative estimate of drug-likeness (QED) is 0.691. The smallest absolute Gasteiger partial charge is 0.0434 e. The van der Waals surface area contributed by atoms with Crippen LogP contribution in [0.1, 0.15) is 18.1 Å². The minimum atomic E-state index is 0.589. The number of benzene rings is 1. The predicted octanol–water partition coefficient (Wildman–Crippen LogP) is 4.40. The molecule has 0 amide bonds. The summed E-state index contributed by atoms with van der Waals surface area (Å²) in [7, 11) is 0. The van der Waals surface area contributed by atoms with Crippen LogP contribution in [0, 0.1) is 6.92 Å². The highest BCUT2D eigenvalue weighted by Gasteiger charge is 1.95. The lowest BCUT2D eigenvalue weighted by Gasteiger charge is -2.00. The Balaban J connectivity index is 2.98. The van der Waals surface area contributed by atoms with E-state index in [0.717, 1.165) is 4.47 Å². The van der Waals surface area contributed by atoms with Gasteiger partial charge in [-0.3, -0.25) is 0 Å². The van der Waals surface area contributed by atoms with Crippen molar-refractivity contribution in [1.29, 1.82) is 0 Å². The van der Waals surface area contributed by atoms with E-state index in [1.165, 1.54) is 16.7 Å². The van der Waals surface area contributed by atoms with Crippen molar-refractivity contribution in [2.24, 2.45) is 0 Å². The molecule has 1 rings (SSSR count). The van der Waals surface area contributed by atoms with Gasteiger partial charge in [-0.05, 0) is 31.0 Å². The maximum Gasteiger partial charge on any atom is 0.0434 e. The molecule has 0 unspecified atom stereocenters. The molecule has 0 aromatic heterocycles. The van der Waals surface area contributed by atoms with Crippen LogP contribution in [0.5, 0.6) is 0 Å². The van der Waals surface area contributed by atoms with Crippen LogP contribution >= 0.6 is 27.5 Å². The van der Waals surface area contributed by atoms with Crippen LogP contribution in [0.25, 0.3) is 6.08 Å². The molecule has 2 heteroatoms. The standard InChI is InChI=1S/C11H12BrCl/c1-8(7-13)5-10-4-3-9(2)11(12)6-10/h3-6H,7H2,1-2H3/b8-5-. The van der Waals surface area contributed by atoms with Crippen LogP contribution in [-0.2, 0) is 0 Å². The first-order valence-corrected chi connectivity index (χ1v) is 5.45. The Morgan fingerprint density at radius 2 is 2.23 bits per heavy atom. The topological polar surface area (TPSA) is 0 Å². The Labute approximate surface area is 92.7 Å². The average molecular weight is 260 g/mol. The second kappa shape index (κ2) is 4.83. The van der Waals surface area contributed by atoms with Crippen molar-refractivity contribution in [2.75, 3.05) is 5.88 Å². The molecule has 0 heterocycles. The molecule has 0 saturated heterocycles. The Morgan fingerprint density at radius 1 is 1.54 bits per heavy atom. The van der Waals surface area contributed by atoms with Crippen LogP contribution in [0.2, 0.25) is 0 Å². The summed E-state index contributed by atoms with van der Waals surface area (Å²) in [5, 5.41) is 0. The van der Waals surface area contributed by atoms with Crippen LogP contribution in [0.15, 0.2) is 28.2 Å². The van der Waals surface area contributed by atoms with Gasteiger partial charge in [-0.25, -0.2) is 0 Å². The summed E-state index contributed by atoms with van der Waals surface area (Å²) >= 11 is 9.19. The Bertz CT molecular complexity index is 329. The molecule has 0 atom stereocenters. The lowest BCUT2D eigenvalue weighted by atomic mass is 10.1. The van der Waals surface area contributed by atoms with Crippen molar-refractivity contribution >= 4 is 33.6 Å². The third kappa shape index (κ3) is 3.17. The monoisotopic (exact) mass is 258 g/mol. The molecule has 0 aliphatic heterocycles. The van der Waals surface area contributed by atoms with Gasteiger partial charge in [-0.2, -0.15) is 0 Å². The van der Waals surface area contributed by atoms with E-state index in [1.807, 2.05) is 6.92 Å². The van der Waals surface area contributed by atoms with Gasteiger partial charge in [-0.1, -0.05) is 39.7 Å². The number of halogens is 2. The third-order valence-corrected chi connectivity index (χ3v) is 3.10. The van der Waals surface area contributed by atoms with E-state index >= 15 is 0 Å². The summed E-state index contributed by atoms with van der Waals surface area (Å²) in [4.78, 5) is 0. The molecule has 0 aliphatic carbocycles. The van der Waals surface area contributed by atoms with E-state index in [-0.39, 0.29) is 0 Å². The number of hydrogen-bond donors (Lipinski definition) is 0. The number of rotatable bonds is 2. The van der Waals surface area contributed by atoms with Crippen molar-refractivity contribution < 1.29 is 0 Å². The summed E-state index contributed by atoms with van der Waals surface area (Å²) in [6.45, 7) is 4.10. The molecular weight excluding hydrogens is 247 g/mol. The number of alkyl halides is 1. The molecule has 0 radical (unpaired) electrons. The van der Waals surface area contributed by atoms with Crippen molar-refractivity contribution in [3.63, 3.8) is 0 Å². The molecule has 0 spiro atoms. The van der Waals surface area contributed by atoms with Crippen LogP contribution in [-0.4, -0.2) is 5.88 Å². The minimum Gasteiger partial charge on any atom is -0.122 e. The third-order valence-electron chi connectivity index (χ3n) is 1.82. The zero-order valence-electron chi connectivity index (χ0n) is 7.77. The molecule has 70 valence electrons. The molecule has 1 aromatic rings. The maximum absolute atomic E-state index is 5.69. The SMILES string of the molecule is C/C(=C/c1ccc(C)c(Br)c1)CCl. The zero-order valence-corrected chi connectivity index (χ0v) is 10.1. The van der Waals surface area contributed by atoms with E-state index in [2.05, 4.69) is 47.1 Å². The molecular formula is C11H12BrCl.